The number of carbonyl (C=O) groups excluding carboxylic acids is 1. The summed E-state index contributed by atoms with van der Waals surface area (Å²) in [6.45, 7) is -3.16. The van der Waals surface area contributed by atoms with Crippen molar-refractivity contribution in [1.82, 2.24) is 24.8 Å². The summed E-state index contributed by atoms with van der Waals surface area (Å²) in [6.07, 6.45) is 5.67. The van der Waals surface area contributed by atoms with E-state index < -0.39 is 22.4 Å². The van der Waals surface area contributed by atoms with Crippen molar-refractivity contribution in [1.29, 1.82) is 0 Å². The van der Waals surface area contributed by atoms with Gasteiger partial charge in [0.05, 0.1) is 33.6 Å². The molecule has 0 aliphatic heterocycles. The number of phenolic OH excluding ortho intramolecular Hbond substituents is 1. The Morgan fingerprint density at radius 1 is 1.13 bits per heavy atom. The van der Waals surface area contributed by atoms with Crippen molar-refractivity contribution in [2.24, 2.45) is 0 Å². The Morgan fingerprint density at radius 2 is 1.95 bits per heavy atom. The molecule has 0 fully saturated rings. The highest BCUT2D eigenvalue weighted by Gasteiger charge is 2.23. The molecule has 3 heterocycles. The number of phenols is 1. The van der Waals surface area contributed by atoms with Crippen molar-refractivity contribution in [3.05, 3.63) is 90.1 Å². The molecule has 3 N–H and O–H groups in total. The normalized spacial score (nSPS) is 11.7. The van der Waals surface area contributed by atoms with Crippen LogP contribution in [0, 0.1) is 0 Å². The van der Waals surface area contributed by atoms with Crippen LogP contribution in [0.4, 0.5) is 14.5 Å². The van der Waals surface area contributed by atoms with E-state index in [1.807, 2.05) is 0 Å². The van der Waals surface area contributed by atoms with Gasteiger partial charge in [-0.3, -0.25) is 9.89 Å². The van der Waals surface area contributed by atoms with Gasteiger partial charge in [0.1, 0.15) is 17.1 Å². The lowest BCUT2D eigenvalue weighted by Crippen LogP contribution is -2.13. The van der Waals surface area contributed by atoms with E-state index in [0.717, 1.165) is 18.2 Å². The standard InChI is InChI=1S/C24H18F2N6O5S/c25-24(26)37-21-6-5-17(38(35,36)16-4-1-3-15(33)11-16)9-14(21)10-19-20(13-28-31-19)30-23(34)18-12-29-32-8-2-7-27-22(18)32/h1-9,11-13,24,33H,10H2,(H,28,31)(H,30,34). The highest BCUT2D eigenvalue weighted by Crippen LogP contribution is 2.31. The second-order valence-corrected chi connectivity index (χ2v) is 9.94. The monoisotopic (exact) mass is 540 g/mol. The highest BCUT2D eigenvalue weighted by molar-refractivity contribution is 7.91. The minimum atomic E-state index is -4.10. The van der Waals surface area contributed by atoms with Gasteiger partial charge in [0.15, 0.2) is 5.65 Å². The van der Waals surface area contributed by atoms with Crippen molar-refractivity contribution in [3.8, 4) is 11.5 Å². The number of alkyl halides is 2. The Labute approximate surface area is 213 Å². The summed E-state index contributed by atoms with van der Waals surface area (Å²) in [4.78, 5) is 16.7. The Hall–Kier alpha value is -4.85. The summed E-state index contributed by atoms with van der Waals surface area (Å²) in [7, 11) is -4.10. The molecule has 2 aromatic carbocycles. The maximum absolute atomic E-state index is 13.1. The lowest BCUT2D eigenvalue weighted by molar-refractivity contribution is -0.0504. The number of aromatic hydroxyl groups is 1. The lowest BCUT2D eigenvalue weighted by Gasteiger charge is -2.14. The second kappa shape index (κ2) is 9.89. The summed E-state index contributed by atoms with van der Waals surface area (Å²) in [6, 6.07) is 10.2. The van der Waals surface area contributed by atoms with E-state index in [1.54, 1.807) is 12.3 Å². The van der Waals surface area contributed by atoms with Gasteiger partial charge >= 0.3 is 6.61 Å². The van der Waals surface area contributed by atoms with Crippen LogP contribution in [0.5, 0.6) is 11.5 Å². The van der Waals surface area contributed by atoms with Crippen LogP contribution in [0.3, 0.4) is 0 Å². The number of ether oxygens (including phenoxy) is 1. The van der Waals surface area contributed by atoms with Crippen molar-refractivity contribution in [3.63, 3.8) is 0 Å². The number of anilines is 1. The number of aromatic amines is 1. The third-order valence-electron chi connectivity index (χ3n) is 5.54. The average molecular weight is 541 g/mol. The number of hydrogen-bond acceptors (Lipinski definition) is 8. The zero-order chi connectivity index (χ0) is 26.9. The third-order valence-corrected chi connectivity index (χ3v) is 7.29. The van der Waals surface area contributed by atoms with Crippen molar-refractivity contribution in [2.45, 2.75) is 22.8 Å². The Kier molecular flexibility index (Phi) is 6.46. The molecule has 194 valence electrons. The molecule has 0 saturated carbocycles. The highest BCUT2D eigenvalue weighted by atomic mass is 32.2. The summed E-state index contributed by atoms with van der Waals surface area (Å²) >= 11 is 0. The minimum absolute atomic E-state index is 0.0870. The molecular weight excluding hydrogens is 522 g/mol. The smallest absolute Gasteiger partial charge is 0.387 e. The molecule has 0 spiro atoms. The molecule has 0 radical (unpaired) electrons. The quantitative estimate of drug-likeness (QED) is 0.271. The van der Waals surface area contributed by atoms with E-state index >= 15 is 0 Å². The van der Waals surface area contributed by atoms with Crippen molar-refractivity contribution in [2.75, 3.05) is 5.32 Å². The fraction of sp³-hybridized carbons (Fsp3) is 0.0833. The molecule has 0 saturated heterocycles. The van der Waals surface area contributed by atoms with Crippen molar-refractivity contribution < 1.29 is 31.8 Å². The predicted octanol–water partition coefficient (Wildman–Crippen LogP) is 3.44. The van der Waals surface area contributed by atoms with E-state index in [9.17, 15) is 27.1 Å². The SMILES string of the molecule is O=C(Nc1cn[nH]c1Cc1cc(S(=O)(=O)c2cccc(O)c2)ccc1OC(F)F)c1cnn2cccnc12. The molecular formula is C24H18F2N6O5S. The number of aromatic nitrogens is 5. The zero-order valence-corrected chi connectivity index (χ0v) is 20.1. The topological polar surface area (TPSA) is 152 Å². The molecule has 5 rings (SSSR count). The number of nitrogens with one attached hydrogen (secondary N) is 2. The van der Waals surface area contributed by atoms with Crippen LogP contribution in [0.2, 0.25) is 0 Å². The Bertz CT molecular complexity index is 1750. The molecule has 5 aromatic rings. The van der Waals surface area contributed by atoms with Gasteiger partial charge < -0.3 is 15.2 Å². The van der Waals surface area contributed by atoms with Gasteiger partial charge in [-0.1, -0.05) is 6.07 Å². The Morgan fingerprint density at radius 3 is 2.74 bits per heavy atom. The molecule has 38 heavy (non-hydrogen) atoms. The number of sulfone groups is 1. The number of amides is 1. The number of carbonyl (C=O) groups is 1. The molecule has 0 aliphatic rings. The lowest BCUT2D eigenvalue weighted by atomic mass is 10.1. The molecule has 11 nitrogen and oxygen atoms in total. The van der Waals surface area contributed by atoms with Gasteiger partial charge in [0.25, 0.3) is 5.91 Å². The fourth-order valence-corrected chi connectivity index (χ4v) is 5.13. The van der Waals surface area contributed by atoms with E-state index in [-0.39, 0.29) is 44.5 Å². The maximum Gasteiger partial charge on any atom is 0.387 e. The van der Waals surface area contributed by atoms with Crippen LogP contribution in [0.25, 0.3) is 5.65 Å². The van der Waals surface area contributed by atoms with E-state index in [2.05, 4.69) is 30.3 Å². The summed E-state index contributed by atoms with van der Waals surface area (Å²) in [5, 5.41) is 23.1. The zero-order valence-electron chi connectivity index (χ0n) is 19.2. The number of halogens is 2. The first-order chi connectivity index (χ1) is 18.2. The first kappa shape index (κ1) is 24.8. The van der Waals surface area contributed by atoms with E-state index in [1.165, 1.54) is 47.4 Å². The summed E-state index contributed by atoms with van der Waals surface area (Å²) in [5.74, 6) is -1.04. The molecule has 14 heteroatoms. The molecule has 0 aliphatic carbocycles. The molecule has 0 bridgehead atoms. The van der Waals surface area contributed by atoms with Gasteiger partial charge in [-0.15, -0.1) is 0 Å². The van der Waals surface area contributed by atoms with Crippen LogP contribution in [-0.2, 0) is 16.3 Å². The number of hydrogen-bond donors (Lipinski definition) is 3. The first-order valence-corrected chi connectivity index (χ1v) is 12.4. The maximum atomic E-state index is 13.1. The predicted molar refractivity (Wildman–Crippen MR) is 129 cm³/mol. The van der Waals surface area contributed by atoms with Gasteiger partial charge in [0, 0.05) is 24.4 Å². The van der Waals surface area contributed by atoms with Crippen LogP contribution < -0.4 is 10.1 Å². The van der Waals surface area contributed by atoms with Gasteiger partial charge in [-0.25, -0.2) is 17.9 Å². The fourth-order valence-electron chi connectivity index (χ4n) is 3.78. The number of H-pyrrole nitrogens is 1. The minimum Gasteiger partial charge on any atom is -0.508 e. The first-order valence-electron chi connectivity index (χ1n) is 11.0. The molecule has 0 atom stereocenters. The van der Waals surface area contributed by atoms with Crippen LogP contribution >= 0.6 is 0 Å². The molecule has 1 amide bonds. The van der Waals surface area contributed by atoms with Gasteiger partial charge in [-0.05, 0) is 42.5 Å². The number of rotatable bonds is 8. The second-order valence-electron chi connectivity index (χ2n) is 7.99. The van der Waals surface area contributed by atoms with Crippen molar-refractivity contribution >= 4 is 27.1 Å². The van der Waals surface area contributed by atoms with E-state index in [4.69, 9.17) is 0 Å². The molecule has 3 aromatic heterocycles. The van der Waals surface area contributed by atoms with Crippen LogP contribution in [0.15, 0.2) is 83.1 Å². The third kappa shape index (κ3) is 4.88. The summed E-state index contributed by atoms with van der Waals surface area (Å²) in [5.41, 5.74) is 1.14. The molecule has 0 unspecified atom stereocenters. The van der Waals surface area contributed by atoms with E-state index in [0.29, 0.717) is 11.3 Å². The van der Waals surface area contributed by atoms with Crippen LogP contribution in [0.1, 0.15) is 21.6 Å². The Balaban J connectivity index is 1.47. The van der Waals surface area contributed by atoms with Crippen LogP contribution in [-0.4, -0.2) is 50.8 Å². The van der Waals surface area contributed by atoms with Gasteiger partial charge in [0.2, 0.25) is 9.84 Å². The largest absolute Gasteiger partial charge is 0.508 e. The number of nitrogens with zero attached hydrogens (tertiary/aromatic N) is 4. The summed E-state index contributed by atoms with van der Waals surface area (Å²) < 4.78 is 58.5. The average Bonchev–Trinajstić information content (AvgIpc) is 3.51. The number of fused-ring (bicyclic) bond motifs is 1. The number of benzene rings is 2. The van der Waals surface area contributed by atoms with Gasteiger partial charge in [-0.2, -0.15) is 19.0 Å².